The van der Waals surface area contributed by atoms with E-state index < -0.39 is 29.6 Å². The Hall–Kier alpha value is -4.41. The third-order valence-corrected chi connectivity index (χ3v) is 7.43. The maximum Gasteiger partial charge on any atom is 0.335 e. The molecule has 3 aromatic carbocycles. The van der Waals surface area contributed by atoms with Gasteiger partial charge in [0.1, 0.15) is 0 Å². The van der Waals surface area contributed by atoms with Gasteiger partial charge < -0.3 is 5.11 Å². The van der Waals surface area contributed by atoms with Gasteiger partial charge in [0.25, 0.3) is 23.6 Å². The van der Waals surface area contributed by atoms with Crippen LogP contribution in [0.15, 0.2) is 111 Å². The number of nitrogens with zero attached hydrogens (tertiary/aromatic N) is 2. The third-order valence-electron chi connectivity index (χ3n) is 5.39. The molecule has 0 radical (unpaired) electrons. The van der Waals surface area contributed by atoms with E-state index >= 15 is 0 Å². The summed E-state index contributed by atoms with van der Waals surface area (Å²) in [5, 5.41) is 9.67. The fourth-order valence-corrected chi connectivity index (χ4v) is 5.51. The van der Waals surface area contributed by atoms with Crippen LogP contribution in [0.3, 0.4) is 0 Å². The summed E-state index contributed by atoms with van der Waals surface area (Å²) in [7, 11) is 0. The smallest absolute Gasteiger partial charge is 0.335 e. The van der Waals surface area contributed by atoms with E-state index in [0.717, 1.165) is 55.2 Å². The van der Waals surface area contributed by atoms with E-state index in [2.05, 4.69) is 0 Å². The first kappa shape index (κ1) is 24.3. The maximum atomic E-state index is 13.1. The van der Waals surface area contributed by atoms with Gasteiger partial charge in [0.15, 0.2) is 0 Å². The molecule has 5 rings (SSSR count). The lowest BCUT2D eigenvalue weighted by Gasteiger charge is -2.20. The molecule has 0 fully saturated rings. The number of carbonyl (C=O) groups excluding carboxylic acids is 4. The lowest BCUT2D eigenvalue weighted by molar-refractivity contribution is -0.121. The Balaban J connectivity index is 1.45. The van der Waals surface area contributed by atoms with Crippen molar-refractivity contribution in [3.8, 4) is 0 Å². The first-order valence-corrected chi connectivity index (χ1v) is 12.5. The number of carboxylic acids is 1. The molecule has 0 spiro atoms. The number of carboxylic acid groups (broad SMARTS) is 1. The van der Waals surface area contributed by atoms with Crippen LogP contribution in [0.4, 0.5) is 11.4 Å². The van der Waals surface area contributed by atoms with Gasteiger partial charge in [0.05, 0.1) is 26.7 Å². The predicted molar refractivity (Wildman–Crippen MR) is 139 cm³/mol. The van der Waals surface area contributed by atoms with Crippen LogP contribution in [0, 0.1) is 0 Å². The van der Waals surface area contributed by atoms with Crippen LogP contribution in [0.1, 0.15) is 10.4 Å². The number of hydrogen-bond donors (Lipinski definition) is 1. The van der Waals surface area contributed by atoms with Crippen molar-refractivity contribution in [3.05, 3.63) is 106 Å². The first-order valence-electron chi connectivity index (χ1n) is 10.9. The molecule has 2 aliphatic rings. The van der Waals surface area contributed by atoms with Gasteiger partial charge in [-0.2, -0.15) is 0 Å². The van der Waals surface area contributed by atoms with E-state index in [1.54, 1.807) is 48.5 Å². The molecule has 0 atom stereocenters. The Bertz CT molecular complexity index is 1430. The van der Waals surface area contributed by atoms with Crippen molar-refractivity contribution in [1.29, 1.82) is 0 Å². The van der Waals surface area contributed by atoms with Gasteiger partial charge in [-0.25, -0.2) is 14.6 Å². The van der Waals surface area contributed by atoms with E-state index in [4.69, 9.17) is 0 Å². The molecule has 0 aromatic heterocycles. The predicted octanol–water partition coefficient (Wildman–Crippen LogP) is 4.48. The molecule has 10 heteroatoms. The molecule has 0 saturated carbocycles. The van der Waals surface area contributed by atoms with E-state index in [0.29, 0.717) is 0 Å². The number of imide groups is 2. The Morgan fingerprint density at radius 2 is 1.03 bits per heavy atom. The van der Waals surface area contributed by atoms with E-state index in [9.17, 15) is 29.1 Å². The number of aromatic carboxylic acids is 1. The van der Waals surface area contributed by atoms with Crippen molar-refractivity contribution in [2.45, 2.75) is 9.79 Å². The Morgan fingerprint density at radius 3 is 1.41 bits per heavy atom. The number of hydrogen-bond acceptors (Lipinski definition) is 7. The fraction of sp³-hybridized carbons (Fsp3) is 0. The molecule has 3 aromatic rings. The van der Waals surface area contributed by atoms with Crippen LogP contribution in [0.5, 0.6) is 0 Å². The molecule has 37 heavy (non-hydrogen) atoms. The molecule has 0 bridgehead atoms. The number of thioether (sulfide) groups is 2. The molecule has 0 aliphatic carbocycles. The van der Waals surface area contributed by atoms with Gasteiger partial charge in [0.2, 0.25) is 0 Å². The minimum absolute atomic E-state index is 0.0606. The summed E-state index contributed by atoms with van der Waals surface area (Å²) in [6, 6.07) is 21.6. The Labute approximate surface area is 219 Å². The van der Waals surface area contributed by atoms with Crippen molar-refractivity contribution in [3.63, 3.8) is 0 Å². The van der Waals surface area contributed by atoms with Crippen LogP contribution in [0.25, 0.3) is 0 Å². The summed E-state index contributed by atoms with van der Waals surface area (Å²) in [6.07, 6.45) is 2.35. The molecule has 0 saturated heterocycles. The Morgan fingerprint density at radius 1 is 0.622 bits per heavy atom. The highest BCUT2D eigenvalue weighted by molar-refractivity contribution is 8.04. The quantitative estimate of drug-likeness (QED) is 0.447. The molecular formula is C27H16N2O6S2. The largest absolute Gasteiger partial charge is 0.478 e. The molecule has 8 nitrogen and oxygen atoms in total. The van der Waals surface area contributed by atoms with Crippen molar-refractivity contribution in [1.82, 2.24) is 0 Å². The van der Waals surface area contributed by atoms with Crippen LogP contribution >= 0.6 is 23.5 Å². The van der Waals surface area contributed by atoms with Gasteiger partial charge >= 0.3 is 5.97 Å². The minimum Gasteiger partial charge on any atom is -0.478 e. The number of carbonyl (C=O) groups is 5. The van der Waals surface area contributed by atoms with Gasteiger partial charge in [-0.1, -0.05) is 59.9 Å². The third kappa shape index (κ3) is 4.84. The van der Waals surface area contributed by atoms with Crippen LogP contribution < -0.4 is 9.80 Å². The second-order valence-electron chi connectivity index (χ2n) is 7.85. The highest BCUT2D eigenvalue weighted by atomic mass is 32.2. The molecular weight excluding hydrogens is 512 g/mol. The summed E-state index contributed by atoms with van der Waals surface area (Å²) in [5.74, 6) is -3.93. The lowest BCUT2D eigenvalue weighted by atomic mass is 10.1. The monoisotopic (exact) mass is 528 g/mol. The Kier molecular flexibility index (Phi) is 6.51. The average Bonchev–Trinajstić information content (AvgIpc) is 3.32. The van der Waals surface area contributed by atoms with Crippen LogP contribution in [0.2, 0.25) is 0 Å². The molecule has 1 N–H and O–H groups in total. The van der Waals surface area contributed by atoms with E-state index in [1.165, 1.54) is 18.2 Å². The topological polar surface area (TPSA) is 112 Å². The lowest BCUT2D eigenvalue weighted by Crippen LogP contribution is -2.33. The number of rotatable bonds is 7. The summed E-state index contributed by atoms with van der Waals surface area (Å²) in [5.41, 5.74) is -0.411. The molecule has 4 amide bonds. The zero-order valence-corrected chi connectivity index (χ0v) is 20.5. The molecule has 0 unspecified atom stereocenters. The SMILES string of the molecule is O=C(O)c1cc(N2C(=O)C=C(Sc3ccccc3)C2=O)cc(N2C(=O)C=C(Sc3ccccc3)C2=O)c1. The van der Waals surface area contributed by atoms with Crippen molar-refractivity contribution in [2.75, 3.05) is 9.80 Å². The zero-order valence-electron chi connectivity index (χ0n) is 18.9. The van der Waals surface area contributed by atoms with Gasteiger partial charge in [-0.15, -0.1) is 0 Å². The summed E-state index contributed by atoms with van der Waals surface area (Å²) in [4.78, 5) is 67.2. The van der Waals surface area contributed by atoms with Crippen LogP contribution in [-0.4, -0.2) is 34.7 Å². The van der Waals surface area contributed by atoms with Crippen LogP contribution in [-0.2, 0) is 19.2 Å². The highest BCUT2D eigenvalue weighted by Crippen LogP contribution is 2.38. The molecule has 2 heterocycles. The van der Waals surface area contributed by atoms with Gasteiger partial charge in [0, 0.05) is 21.9 Å². The van der Waals surface area contributed by atoms with E-state index in [1.807, 2.05) is 12.1 Å². The molecule has 2 aliphatic heterocycles. The maximum absolute atomic E-state index is 13.1. The van der Waals surface area contributed by atoms with Crippen molar-refractivity contribution >= 4 is 64.5 Å². The highest BCUT2D eigenvalue weighted by Gasteiger charge is 2.37. The second-order valence-corrected chi connectivity index (χ2v) is 10.1. The van der Waals surface area contributed by atoms with Gasteiger partial charge in [-0.3, -0.25) is 19.2 Å². The fourth-order valence-electron chi connectivity index (χ4n) is 3.74. The minimum atomic E-state index is -1.35. The van der Waals surface area contributed by atoms with Crippen molar-refractivity contribution in [2.24, 2.45) is 0 Å². The first-order chi connectivity index (χ1) is 17.8. The molecule has 182 valence electrons. The number of anilines is 2. The normalized spacial score (nSPS) is 15.4. The standard InChI is InChI=1S/C27H16N2O6S2/c30-23-14-21(36-19-7-3-1-4-8-19)25(32)28(23)17-11-16(27(34)35)12-18(13-17)29-24(31)15-22(26(29)33)37-20-9-5-2-6-10-20/h1-15H,(H,34,35). The number of amides is 4. The number of benzene rings is 3. The summed E-state index contributed by atoms with van der Waals surface area (Å²) < 4.78 is 0. The van der Waals surface area contributed by atoms with E-state index in [-0.39, 0.29) is 26.7 Å². The average molecular weight is 529 g/mol. The second kappa shape index (κ2) is 9.92. The van der Waals surface area contributed by atoms with Gasteiger partial charge in [-0.05, 0) is 42.5 Å². The summed E-state index contributed by atoms with van der Waals surface area (Å²) >= 11 is 2.21. The van der Waals surface area contributed by atoms with Crippen molar-refractivity contribution < 1.29 is 29.1 Å². The zero-order chi connectivity index (χ0) is 26.1. The summed E-state index contributed by atoms with van der Waals surface area (Å²) in [6.45, 7) is 0.